The number of benzene rings is 2. The maximum Gasteiger partial charge on any atom is 0.309 e. The summed E-state index contributed by atoms with van der Waals surface area (Å²) in [7, 11) is -3.69. The number of hydrogen-bond acceptors (Lipinski definition) is 7. The molecule has 0 aliphatic carbocycles. The van der Waals surface area contributed by atoms with Crippen molar-refractivity contribution in [1.82, 2.24) is 15.6 Å². The van der Waals surface area contributed by atoms with Gasteiger partial charge >= 0.3 is 6.01 Å². The molecule has 36 heavy (non-hydrogen) atoms. The van der Waals surface area contributed by atoms with E-state index in [2.05, 4.69) is 38.2 Å². The van der Waals surface area contributed by atoms with Gasteiger partial charge in [0.05, 0.1) is 24.1 Å². The highest BCUT2D eigenvalue weighted by Crippen LogP contribution is 2.17. The van der Waals surface area contributed by atoms with Crippen LogP contribution in [-0.4, -0.2) is 49.4 Å². The Morgan fingerprint density at radius 3 is 2.50 bits per heavy atom. The van der Waals surface area contributed by atoms with Crippen LogP contribution in [0.15, 0.2) is 46.9 Å². The van der Waals surface area contributed by atoms with Crippen LogP contribution in [0.5, 0.6) is 0 Å². The molecule has 1 heterocycles. The first-order chi connectivity index (χ1) is 16.9. The van der Waals surface area contributed by atoms with Crippen molar-refractivity contribution in [1.29, 1.82) is 0 Å². The molecular weight excluding hydrogens is 609 g/mol. The van der Waals surface area contributed by atoms with Gasteiger partial charge in [-0.15, -0.1) is 0 Å². The number of anilines is 1. The number of nitrogens with zero attached hydrogens (tertiary/aromatic N) is 1. The Balaban J connectivity index is 1.76. The van der Waals surface area contributed by atoms with Crippen LogP contribution in [0.2, 0.25) is 0 Å². The Bertz CT molecular complexity index is 1320. The lowest BCUT2D eigenvalue weighted by atomic mass is 10.00. The molecule has 3 rings (SSSR count). The van der Waals surface area contributed by atoms with E-state index in [0.717, 1.165) is 33.6 Å². The van der Waals surface area contributed by atoms with E-state index in [0.29, 0.717) is 6.54 Å². The number of carbonyl (C=O) groups excluding carboxylic acids is 1. The minimum absolute atomic E-state index is 0.0600. The maximum atomic E-state index is 13.7. The second-order valence-corrected chi connectivity index (χ2v) is 11.2. The molecule has 2 aromatic carbocycles. The highest BCUT2D eigenvalue weighted by atomic mass is 127. The van der Waals surface area contributed by atoms with Gasteiger partial charge < -0.3 is 20.2 Å². The average molecular weight is 634 g/mol. The first-order valence-electron chi connectivity index (χ1n) is 10.7. The van der Waals surface area contributed by atoms with Crippen molar-refractivity contribution in [3.63, 3.8) is 0 Å². The molecule has 194 valence electrons. The van der Waals surface area contributed by atoms with E-state index >= 15 is 0 Å². The summed E-state index contributed by atoms with van der Waals surface area (Å²) in [5, 5.41) is 16.6. The third-order valence-corrected chi connectivity index (χ3v) is 6.22. The van der Waals surface area contributed by atoms with Crippen LogP contribution in [-0.2, 0) is 23.0 Å². The lowest BCUT2D eigenvalue weighted by Gasteiger charge is -2.24. The number of aromatic nitrogens is 1. The Hall–Kier alpha value is -2.62. The zero-order chi connectivity index (χ0) is 26.5. The number of aryl methyl sites for hydroxylation is 1. The van der Waals surface area contributed by atoms with E-state index in [9.17, 15) is 27.1 Å². The van der Waals surface area contributed by atoms with Crippen LogP contribution in [0.1, 0.15) is 27.4 Å². The van der Waals surface area contributed by atoms with E-state index in [4.69, 9.17) is 4.42 Å². The monoisotopic (exact) mass is 634 g/mol. The van der Waals surface area contributed by atoms with Crippen molar-refractivity contribution in [3.8, 4) is 0 Å². The molecule has 0 aliphatic heterocycles. The smallest absolute Gasteiger partial charge is 0.309 e. The van der Waals surface area contributed by atoms with Crippen molar-refractivity contribution >= 4 is 44.5 Å². The number of carbonyl (C=O) groups is 1. The van der Waals surface area contributed by atoms with Gasteiger partial charge in [-0.25, -0.2) is 21.9 Å². The lowest BCUT2D eigenvalue weighted by molar-refractivity contribution is 0.0805. The molecule has 1 aromatic heterocycles. The number of rotatable bonds is 11. The lowest BCUT2D eigenvalue weighted by Crippen LogP contribution is -2.48. The normalized spacial score (nSPS) is 13.3. The summed E-state index contributed by atoms with van der Waals surface area (Å²) in [6.45, 7) is 1.96. The third kappa shape index (κ3) is 8.50. The summed E-state index contributed by atoms with van der Waals surface area (Å²) in [5.74, 6) is -2.62. The van der Waals surface area contributed by atoms with E-state index in [1.54, 1.807) is 0 Å². The number of amides is 1. The number of nitrogens with one attached hydrogen (secondary N) is 3. The molecule has 0 saturated carbocycles. The molecule has 2 unspecified atom stereocenters. The molecule has 0 saturated heterocycles. The Kier molecular flexibility index (Phi) is 9.38. The molecule has 13 heteroatoms. The number of aliphatic hydroxyl groups excluding tert-OH is 1. The second-order valence-electron chi connectivity index (χ2n) is 8.20. The molecule has 0 aliphatic rings. The van der Waals surface area contributed by atoms with Crippen LogP contribution in [0.3, 0.4) is 0 Å². The SMILES string of the molecule is Cc1nc(NS(C)(=O)=O)oc1C(=O)NC(Cc1cc(F)cc(F)c1)C(O)CNCc1cccc(I)c1. The molecule has 0 radical (unpaired) electrons. The predicted molar refractivity (Wildman–Crippen MR) is 138 cm³/mol. The van der Waals surface area contributed by atoms with E-state index < -0.39 is 39.7 Å². The first kappa shape index (κ1) is 28.0. The molecule has 0 fully saturated rings. The highest BCUT2D eigenvalue weighted by molar-refractivity contribution is 14.1. The van der Waals surface area contributed by atoms with E-state index in [1.807, 2.05) is 29.0 Å². The maximum absolute atomic E-state index is 13.7. The van der Waals surface area contributed by atoms with Crippen LogP contribution < -0.4 is 15.4 Å². The topological polar surface area (TPSA) is 134 Å². The molecule has 1 amide bonds. The highest BCUT2D eigenvalue weighted by Gasteiger charge is 2.26. The zero-order valence-corrected chi connectivity index (χ0v) is 22.4. The van der Waals surface area contributed by atoms with Crippen molar-refractivity contribution in [2.45, 2.75) is 32.0 Å². The quantitative estimate of drug-likeness (QED) is 0.239. The van der Waals surface area contributed by atoms with Crippen molar-refractivity contribution in [2.24, 2.45) is 0 Å². The van der Waals surface area contributed by atoms with Crippen molar-refractivity contribution in [3.05, 3.63) is 80.3 Å². The summed E-state index contributed by atoms with van der Waals surface area (Å²) in [6, 6.07) is 9.35. The van der Waals surface area contributed by atoms with Gasteiger partial charge in [0.2, 0.25) is 15.8 Å². The summed E-state index contributed by atoms with van der Waals surface area (Å²) >= 11 is 2.19. The Morgan fingerprint density at radius 1 is 1.17 bits per heavy atom. The van der Waals surface area contributed by atoms with Crippen LogP contribution in [0.4, 0.5) is 14.8 Å². The zero-order valence-electron chi connectivity index (χ0n) is 19.4. The summed E-state index contributed by atoms with van der Waals surface area (Å²) < 4.78 is 58.7. The van der Waals surface area contributed by atoms with Crippen molar-refractivity contribution < 1.29 is 31.5 Å². The van der Waals surface area contributed by atoms with E-state index in [-0.39, 0.29) is 36.0 Å². The number of hydrogen-bond donors (Lipinski definition) is 4. The summed E-state index contributed by atoms with van der Waals surface area (Å²) in [5.41, 5.74) is 1.33. The van der Waals surface area contributed by atoms with Crippen molar-refractivity contribution in [2.75, 3.05) is 17.5 Å². The Labute approximate surface area is 220 Å². The molecule has 0 spiro atoms. The predicted octanol–water partition coefficient (Wildman–Crippen LogP) is 2.73. The third-order valence-electron chi connectivity index (χ3n) is 5.01. The van der Waals surface area contributed by atoms with E-state index in [1.165, 1.54) is 6.92 Å². The second kappa shape index (κ2) is 12.1. The fourth-order valence-corrected chi connectivity index (χ4v) is 4.47. The van der Waals surface area contributed by atoms with Crippen LogP contribution in [0, 0.1) is 22.1 Å². The molecule has 4 N–H and O–H groups in total. The summed E-state index contributed by atoms with van der Waals surface area (Å²) in [4.78, 5) is 16.8. The van der Waals surface area contributed by atoms with Crippen LogP contribution in [0.25, 0.3) is 0 Å². The molecule has 3 aromatic rings. The number of sulfonamides is 1. The largest absolute Gasteiger partial charge is 0.417 e. The van der Waals surface area contributed by atoms with Gasteiger partial charge in [0.1, 0.15) is 11.6 Å². The minimum atomic E-state index is -3.69. The molecule has 9 nitrogen and oxygen atoms in total. The minimum Gasteiger partial charge on any atom is -0.417 e. The molecular formula is C23H25F2IN4O5S. The van der Waals surface area contributed by atoms with Gasteiger partial charge in [-0.2, -0.15) is 4.98 Å². The fourth-order valence-electron chi connectivity index (χ4n) is 3.46. The van der Waals surface area contributed by atoms with Gasteiger partial charge in [-0.3, -0.25) is 4.79 Å². The Morgan fingerprint density at radius 2 is 1.86 bits per heavy atom. The van der Waals surface area contributed by atoms with Gasteiger partial charge in [-0.1, -0.05) is 12.1 Å². The number of aliphatic hydroxyl groups is 1. The number of oxazole rings is 1. The summed E-state index contributed by atoms with van der Waals surface area (Å²) in [6.07, 6.45) is -0.339. The van der Waals surface area contributed by atoms with Gasteiger partial charge in [0, 0.05) is 22.7 Å². The molecule has 2 atom stereocenters. The standard InChI is InChI=1S/C23H25F2IN4O5S/c1-13-21(35-23(28-13)30-36(2,33)34)22(32)29-19(9-15-6-16(24)10-17(25)7-15)20(31)12-27-11-14-4-3-5-18(26)8-14/h3-8,10,19-20,27,31H,9,11-12H2,1-2H3,(H,28,30)(H,29,32). The van der Waals surface area contributed by atoms with Gasteiger partial charge in [0.25, 0.3) is 5.91 Å². The average Bonchev–Trinajstić information content (AvgIpc) is 3.10. The van der Waals surface area contributed by atoms with Gasteiger partial charge in [-0.05, 0) is 71.3 Å². The van der Waals surface area contributed by atoms with Crippen LogP contribution >= 0.6 is 22.6 Å². The molecule has 0 bridgehead atoms. The first-order valence-corrected chi connectivity index (χ1v) is 13.7. The number of halogens is 3. The fraction of sp³-hybridized carbons (Fsp3) is 0.304. The van der Waals surface area contributed by atoms with Gasteiger partial charge in [0.15, 0.2) is 0 Å².